The van der Waals surface area contributed by atoms with Crippen molar-refractivity contribution in [2.75, 3.05) is 12.3 Å². The highest BCUT2D eigenvalue weighted by Gasteiger charge is 2.11. The Bertz CT molecular complexity index is 355. The van der Waals surface area contributed by atoms with E-state index in [2.05, 4.69) is 6.92 Å². The topological polar surface area (TPSA) is 55.5 Å². The van der Waals surface area contributed by atoms with E-state index in [-0.39, 0.29) is 12.7 Å². The average molecular weight is 255 g/mol. The Morgan fingerprint density at radius 1 is 1.35 bits per heavy atom. The Morgan fingerprint density at radius 2 is 2.06 bits per heavy atom. The van der Waals surface area contributed by atoms with Crippen molar-refractivity contribution in [1.82, 2.24) is 0 Å². The number of anilines is 1. The SMILES string of the molecule is CC(C)Oc1cccc(SC(C)CCO)c1N. The number of benzene rings is 1. The molecule has 0 amide bonds. The maximum absolute atomic E-state index is 8.89. The summed E-state index contributed by atoms with van der Waals surface area (Å²) < 4.78 is 5.64. The van der Waals surface area contributed by atoms with Crippen LogP contribution in [0.25, 0.3) is 0 Å². The summed E-state index contributed by atoms with van der Waals surface area (Å²) in [6.45, 7) is 6.24. The third kappa shape index (κ3) is 4.48. The van der Waals surface area contributed by atoms with Crippen LogP contribution in [0.5, 0.6) is 5.75 Å². The lowest BCUT2D eigenvalue weighted by Gasteiger charge is -2.16. The van der Waals surface area contributed by atoms with Crippen LogP contribution in [0.15, 0.2) is 23.1 Å². The van der Waals surface area contributed by atoms with E-state index in [0.717, 1.165) is 17.1 Å². The van der Waals surface area contributed by atoms with Gasteiger partial charge in [-0.15, -0.1) is 11.8 Å². The minimum atomic E-state index is 0.118. The number of thioether (sulfide) groups is 1. The number of hydrogen-bond donors (Lipinski definition) is 2. The average Bonchev–Trinajstić information content (AvgIpc) is 2.23. The molecule has 3 N–H and O–H groups in total. The molecule has 1 aromatic carbocycles. The zero-order chi connectivity index (χ0) is 12.8. The van der Waals surface area contributed by atoms with Crippen molar-refractivity contribution in [3.05, 3.63) is 18.2 Å². The molecule has 3 nitrogen and oxygen atoms in total. The first-order valence-electron chi connectivity index (χ1n) is 5.87. The van der Waals surface area contributed by atoms with Crippen LogP contribution in [-0.4, -0.2) is 23.1 Å². The lowest BCUT2D eigenvalue weighted by Crippen LogP contribution is -2.08. The Hall–Kier alpha value is -0.870. The number of nitrogen functional groups attached to an aromatic ring is 1. The van der Waals surface area contributed by atoms with Gasteiger partial charge in [0.2, 0.25) is 0 Å². The van der Waals surface area contributed by atoms with Gasteiger partial charge in [0, 0.05) is 16.8 Å². The molecule has 1 unspecified atom stereocenters. The smallest absolute Gasteiger partial charge is 0.143 e. The van der Waals surface area contributed by atoms with Gasteiger partial charge in [-0.25, -0.2) is 0 Å². The highest BCUT2D eigenvalue weighted by molar-refractivity contribution is 8.00. The zero-order valence-electron chi connectivity index (χ0n) is 10.6. The summed E-state index contributed by atoms with van der Waals surface area (Å²) in [5, 5.41) is 9.23. The van der Waals surface area contributed by atoms with Gasteiger partial charge in [0.1, 0.15) is 5.75 Å². The molecule has 0 aliphatic carbocycles. The molecule has 1 aromatic rings. The molecule has 0 radical (unpaired) electrons. The zero-order valence-corrected chi connectivity index (χ0v) is 11.5. The minimum Gasteiger partial charge on any atom is -0.489 e. The van der Waals surface area contributed by atoms with Gasteiger partial charge in [0.15, 0.2) is 0 Å². The number of para-hydroxylation sites is 1. The predicted octanol–water partition coefficient (Wildman–Crippen LogP) is 2.92. The van der Waals surface area contributed by atoms with Gasteiger partial charge < -0.3 is 15.6 Å². The Labute approximate surface area is 107 Å². The molecule has 0 aliphatic rings. The van der Waals surface area contributed by atoms with Crippen molar-refractivity contribution >= 4 is 17.4 Å². The van der Waals surface area contributed by atoms with Gasteiger partial charge in [-0.1, -0.05) is 13.0 Å². The molecule has 0 fully saturated rings. The number of nitrogens with two attached hydrogens (primary N) is 1. The predicted molar refractivity (Wildman–Crippen MR) is 73.6 cm³/mol. The summed E-state index contributed by atoms with van der Waals surface area (Å²) in [5.74, 6) is 0.737. The molecule has 0 spiro atoms. The van der Waals surface area contributed by atoms with E-state index in [1.54, 1.807) is 11.8 Å². The summed E-state index contributed by atoms with van der Waals surface area (Å²) in [6.07, 6.45) is 0.881. The summed E-state index contributed by atoms with van der Waals surface area (Å²) in [6, 6.07) is 5.82. The Morgan fingerprint density at radius 3 is 2.65 bits per heavy atom. The van der Waals surface area contributed by atoms with E-state index in [1.807, 2.05) is 32.0 Å². The fourth-order valence-corrected chi connectivity index (χ4v) is 2.48. The molecule has 96 valence electrons. The third-order valence-corrected chi connectivity index (χ3v) is 3.50. The number of aliphatic hydroxyl groups is 1. The number of ether oxygens (including phenoxy) is 1. The first-order chi connectivity index (χ1) is 8.04. The normalized spacial score (nSPS) is 12.8. The van der Waals surface area contributed by atoms with Crippen LogP contribution in [0.3, 0.4) is 0 Å². The van der Waals surface area contributed by atoms with Crippen molar-refractivity contribution in [1.29, 1.82) is 0 Å². The third-order valence-electron chi connectivity index (χ3n) is 2.25. The van der Waals surface area contributed by atoms with Crippen molar-refractivity contribution in [3.63, 3.8) is 0 Å². The minimum absolute atomic E-state index is 0.118. The molecule has 1 atom stereocenters. The van der Waals surface area contributed by atoms with Crippen LogP contribution in [0, 0.1) is 0 Å². The van der Waals surface area contributed by atoms with Crippen molar-refractivity contribution in [2.24, 2.45) is 0 Å². The monoisotopic (exact) mass is 255 g/mol. The second-order valence-corrected chi connectivity index (χ2v) is 5.76. The highest BCUT2D eigenvalue weighted by atomic mass is 32.2. The number of aliphatic hydroxyl groups excluding tert-OH is 1. The van der Waals surface area contributed by atoms with Crippen molar-refractivity contribution in [3.8, 4) is 5.75 Å². The van der Waals surface area contributed by atoms with Gasteiger partial charge in [-0.3, -0.25) is 0 Å². The Kier molecular flexibility index (Phi) is 5.65. The molecule has 4 heteroatoms. The van der Waals surface area contributed by atoms with E-state index in [0.29, 0.717) is 10.9 Å². The van der Waals surface area contributed by atoms with E-state index in [4.69, 9.17) is 15.6 Å². The molecule has 0 aliphatic heterocycles. The van der Waals surface area contributed by atoms with Crippen LogP contribution >= 0.6 is 11.8 Å². The number of rotatable bonds is 6. The Balaban J connectivity index is 2.79. The summed E-state index contributed by atoms with van der Waals surface area (Å²) in [4.78, 5) is 1.02. The van der Waals surface area contributed by atoms with Gasteiger partial charge in [0.05, 0.1) is 11.8 Å². The van der Waals surface area contributed by atoms with Crippen LogP contribution in [0.4, 0.5) is 5.69 Å². The second kappa shape index (κ2) is 6.77. The van der Waals surface area contributed by atoms with Crippen LogP contribution in [-0.2, 0) is 0 Å². The van der Waals surface area contributed by atoms with Crippen LogP contribution < -0.4 is 10.5 Å². The maximum Gasteiger partial charge on any atom is 0.143 e. The van der Waals surface area contributed by atoms with E-state index >= 15 is 0 Å². The highest BCUT2D eigenvalue weighted by Crippen LogP contribution is 2.35. The van der Waals surface area contributed by atoms with Gasteiger partial charge >= 0.3 is 0 Å². The van der Waals surface area contributed by atoms with E-state index in [1.165, 1.54) is 0 Å². The fourth-order valence-electron chi connectivity index (χ4n) is 1.44. The summed E-state index contributed by atoms with van der Waals surface area (Å²) in [5.41, 5.74) is 6.76. The van der Waals surface area contributed by atoms with E-state index in [9.17, 15) is 0 Å². The van der Waals surface area contributed by atoms with Gasteiger partial charge in [0.25, 0.3) is 0 Å². The quantitative estimate of drug-likeness (QED) is 0.606. The first-order valence-corrected chi connectivity index (χ1v) is 6.75. The molecule has 0 heterocycles. The lowest BCUT2D eigenvalue weighted by molar-refractivity contribution is 0.243. The molecular formula is C13H21NO2S. The van der Waals surface area contributed by atoms with Crippen LogP contribution in [0.2, 0.25) is 0 Å². The molecule has 0 bridgehead atoms. The van der Waals surface area contributed by atoms with E-state index < -0.39 is 0 Å². The van der Waals surface area contributed by atoms with Crippen molar-refractivity contribution < 1.29 is 9.84 Å². The lowest BCUT2D eigenvalue weighted by atomic mass is 10.3. The van der Waals surface area contributed by atoms with Gasteiger partial charge in [-0.2, -0.15) is 0 Å². The van der Waals surface area contributed by atoms with Crippen molar-refractivity contribution in [2.45, 2.75) is 43.4 Å². The molecular weight excluding hydrogens is 234 g/mol. The molecule has 0 aromatic heterocycles. The standard InChI is InChI=1S/C13H21NO2S/c1-9(2)16-11-5-4-6-12(13(11)14)17-10(3)7-8-15/h4-6,9-10,15H,7-8,14H2,1-3H3. The van der Waals surface area contributed by atoms with Crippen LogP contribution in [0.1, 0.15) is 27.2 Å². The first kappa shape index (κ1) is 14.2. The fraction of sp³-hybridized carbons (Fsp3) is 0.538. The largest absolute Gasteiger partial charge is 0.489 e. The summed E-state index contributed by atoms with van der Waals surface area (Å²) >= 11 is 1.67. The molecule has 0 saturated carbocycles. The molecule has 0 saturated heterocycles. The number of hydrogen-bond acceptors (Lipinski definition) is 4. The molecule has 1 rings (SSSR count). The van der Waals surface area contributed by atoms with Gasteiger partial charge in [-0.05, 0) is 32.4 Å². The molecule has 17 heavy (non-hydrogen) atoms. The maximum atomic E-state index is 8.89. The summed E-state index contributed by atoms with van der Waals surface area (Å²) in [7, 11) is 0. The second-order valence-electron chi connectivity index (χ2n) is 4.28.